The lowest BCUT2D eigenvalue weighted by atomic mass is 9.92. The van der Waals surface area contributed by atoms with Crippen molar-refractivity contribution >= 4 is 11.9 Å². The van der Waals surface area contributed by atoms with Crippen molar-refractivity contribution in [2.24, 2.45) is 0 Å². The second kappa shape index (κ2) is 15.2. The SMILES string of the molecule is CO[C@](C(=O)OC/C=C\C[C@@H](CCc1ccccc1)OC(=O)[C@@](OC)(c1ccccc1)C(F)(F)F)(c1ccccc1)C(F)(F)F. The monoisotopic (exact) mass is 638 g/mol. The summed E-state index contributed by atoms with van der Waals surface area (Å²) in [5.41, 5.74) is -6.91. The molecule has 0 N–H and O–H groups in total. The van der Waals surface area contributed by atoms with Crippen LogP contribution in [0.3, 0.4) is 0 Å². The van der Waals surface area contributed by atoms with Crippen molar-refractivity contribution in [1.29, 1.82) is 0 Å². The third-order valence-corrected chi connectivity index (χ3v) is 7.09. The van der Waals surface area contributed by atoms with E-state index in [0.717, 1.165) is 44.0 Å². The lowest BCUT2D eigenvalue weighted by Gasteiger charge is -2.33. The average molecular weight is 639 g/mol. The molecule has 3 aromatic carbocycles. The van der Waals surface area contributed by atoms with E-state index in [1.807, 2.05) is 0 Å². The van der Waals surface area contributed by atoms with Gasteiger partial charge in [-0.3, -0.25) is 0 Å². The number of rotatable bonds is 14. The smallest absolute Gasteiger partial charge is 0.432 e. The topological polar surface area (TPSA) is 71.1 Å². The third kappa shape index (κ3) is 7.93. The maximum Gasteiger partial charge on any atom is 0.432 e. The van der Waals surface area contributed by atoms with Crippen molar-refractivity contribution in [2.75, 3.05) is 20.8 Å². The third-order valence-electron chi connectivity index (χ3n) is 7.09. The largest absolute Gasteiger partial charge is 0.459 e. The van der Waals surface area contributed by atoms with Crippen LogP contribution < -0.4 is 0 Å². The zero-order chi connectivity index (χ0) is 33.1. The number of alkyl halides is 6. The van der Waals surface area contributed by atoms with Crippen LogP contribution in [0.2, 0.25) is 0 Å². The van der Waals surface area contributed by atoms with Gasteiger partial charge in [-0.2, -0.15) is 26.3 Å². The summed E-state index contributed by atoms with van der Waals surface area (Å²) in [6.07, 6.45) is -8.62. The zero-order valence-electron chi connectivity index (χ0n) is 24.4. The van der Waals surface area contributed by atoms with Gasteiger partial charge in [-0.15, -0.1) is 0 Å². The van der Waals surface area contributed by atoms with Gasteiger partial charge < -0.3 is 18.9 Å². The fourth-order valence-corrected chi connectivity index (χ4v) is 4.75. The highest BCUT2D eigenvalue weighted by Gasteiger charge is 2.65. The minimum atomic E-state index is -5.18. The molecule has 242 valence electrons. The maximum atomic E-state index is 14.4. The molecule has 0 aliphatic carbocycles. The van der Waals surface area contributed by atoms with Crippen LogP contribution in [-0.2, 0) is 46.2 Å². The van der Waals surface area contributed by atoms with E-state index in [0.29, 0.717) is 6.42 Å². The zero-order valence-corrected chi connectivity index (χ0v) is 24.4. The molecule has 6 nitrogen and oxygen atoms in total. The summed E-state index contributed by atoms with van der Waals surface area (Å²) in [7, 11) is 1.49. The Morgan fingerprint density at radius 3 is 1.56 bits per heavy atom. The average Bonchev–Trinajstić information content (AvgIpc) is 3.01. The lowest BCUT2D eigenvalue weighted by molar-refractivity contribution is -0.278. The van der Waals surface area contributed by atoms with Gasteiger partial charge >= 0.3 is 24.3 Å². The summed E-state index contributed by atoms with van der Waals surface area (Å²) in [5, 5.41) is 0. The molecule has 0 bridgehead atoms. The highest BCUT2D eigenvalue weighted by Crippen LogP contribution is 2.44. The van der Waals surface area contributed by atoms with Crippen molar-refractivity contribution in [1.82, 2.24) is 0 Å². The van der Waals surface area contributed by atoms with E-state index in [9.17, 15) is 35.9 Å². The molecular formula is C33H32F6O6. The molecule has 0 saturated heterocycles. The molecule has 0 radical (unpaired) electrons. The summed E-state index contributed by atoms with van der Waals surface area (Å²) in [6, 6.07) is 21.5. The van der Waals surface area contributed by atoms with Gasteiger partial charge in [-0.1, -0.05) is 103 Å². The summed E-state index contributed by atoms with van der Waals surface area (Å²) < 4.78 is 105. The van der Waals surface area contributed by atoms with Gasteiger partial charge in [0.25, 0.3) is 11.2 Å². The van der Waals surface area contributed by atoms with E-state index in [-0.39, 0.29) is 12.8 Å². The standard InChI is InChI=1S/C33H32F6O6/c1-42-30(32(34,35)36,25-16-8-4-9-17-25)28(40)44-23-13-12-20-27(22-21-24-14-6-3-7-15-24)45-29(41)31(43-2,33(37,38)39)26-18-10-5-11-19-26/h3-19,27H,20-23H2,1-2H3/b13-12-/t27-,30-,31-/m0/s1. The van der Waals surface area contributed by atoms with Crippen LogP contribution in [0.5, 0.6) is 0 Å². The first-order valence-electron chi connectivity index (χ1n) is 13.8. The van der Waals surface area contributed by atoms with Gasteiger partial charge in [0.2, 0.25) is 0 Å². The van der Waals surface area contributed by atoms with E-state index in [2.05, 4.69) is 4.74 Å². The highest BCUT2D eigenvalue weighted by molar-refractivity contribution is 5.83. The molecule has 0 amide bonds. The minimum Gasteiger partial charge on any atom is -0.459 e. The number of benzene rings is 3. The van der Waals surface area contributed by atoms with Gasteiger partial charge in [-0.05, 0) is 18.4 Å². The first-order chi connectivity index (χ1) is 21.3. The molecule has 0 aliphatic heterocycles. The molecule has 3 atom stereocenters. The van der Waals surface area contributed by atoms with Crippen molar-refractivity contribution in [3.63, 3.8) is 0 Å². The predicted octanol–water partition coefficient (Wildman–Crippen LogP) is 7.23. The van der Waals surface area contributed by atoms with Crippen molar-refractivity contribution in [3.05, 3.63) is 120 Å². The fourth-order valence-electron chi connectivity index (χ4n) is 4.75. The highest BCUT2D eigenvalue weighted by atomic mass is 19.4. The second-order valence-corrected chi connectivity index (χ2v) is 9.86. The van der Waals surface area contributed by atoms with Gasteiger partial charge in [-0.25, -0.2) is 9.59 Å². The Bertz CT molecular complexity index is 1400. The summed E-state index contributed by atoms with van der Waals surface area (Å²) >= 11 is 0. The van der Waals surface area contributed by atoms with Crippen LogP contribution in [0.25, 0.3) is 0 Å². The molecule has 12 heteroatoms. The first kappa shape index (κ1) is 35.3. The molecule has 0 saturated carbocycles. The number of carbonyl (C=O) groups excluding carboxylic acids is 2. The Morgan fingerprint density at radius 1 is 0.667 bits per heavy atom. The Kier molecular flexibility index (Phi) is 11.9. The quantitative estimate of drug-likeness (QED) is 0.105. The van der Waals surface area contributed by atoms with Crippen LogP contribution in [0.1, 0.15) is 29.5 Å². The normalized spacial score (nSPS) is 15.6. The number of carbonyl (C=O) groups is 2. The Balaban J connectivity index is 1.79. The summed E-state index contributed by atoms with van der Waals surface area (Å²) in [6.45, 7) is -0.624. The first-order valence-corrected chi connectivity index (χ1v) is 13.8. The molecule has 45 heavy (non-hydrogen) atoms. The van der Waals surface area contributed by atoms with Crippen LogP contribution in [-0.4, -0.2) is 51.2 Å². The molecule has 3 aromatic rings. The van der Waals surface area contributed by atoms with E-state index >= 15 is 0 Å². The summed E-state index contributed by atoms with van der Waals surface area (Å²) in [4.78, 5) is 26.0. The minimum absolute atomic E-state index is 0.0984. The number of hydrogen-bond acceptors (Lipinski definition) is 6. The number of halogens is 6. The van der Waals surface area contributed by atoms with Gasteiger partial charge in [0, 0.05) is 31.8 Å². The van der Waals surface area contributed by atoms with Crippen LogP contribution >= 0.6 is 0 Å². The number of hydrogen-bond donors (Lipinski definition) is 0. The lowest BCUT2D eigenvalue weighted by Crippen LogP contribution is -2.52. The van der Waals surface area contributed by atoms with E-state index in [1.54, 1.807) is 30.3 Å². The van der Waals surface area contributed by atoms with Crippen LogP contribution in [0.15, 0.2) is 103 Å². The molecule has 3 rings (SSSR count). The van der Waals surface area contributed by atoms with Crippen molar-refractivity contribution in [2.45, 2.75) is 48.9 Å². The Morgan fingerprint density at radius 2 is 1.11 bits per heavy atom. The van der Waals surface area contributed by atoms with Crippen LogP contribution in [0.4, 0.5) is 26.3 Å². The fraction of sp³-hybridized carbons (Fsp3) is 0.333. The van der Waals surface area contributed by atoms with E-state index in [4.69, 9.17) is 14.2 Å². The number of methoxy groups -OCH3 is 2. The number of ether oxygens (including phenoxy) is 4. The Labute approximate surface area is 256 Å². The molecular weight excluding hydrogens is 606 g/mol. The second-order valence-electron chi connectivity index (χ2n) is 9.86. The number of aryl methyl sites for hydroxylation is 1. The van der Waals surface area contributed by atoms with Gasteiger partial charge in [0.15, 0.2) is 0 Å². The molecule has 0 heterocycles. The molecule has 0 aliphatic rings. The van der Waals surface area contributed by atoms with Gasteiger partial charge in [0.1, 0.15) is 12.7 Å². The van der Waals surface area contributed by atoms with Crippen molar-refractivity contribution in [3.8, 4) is 0 Å². The van der Waals surface area contributed by atoms with Crippen molar-refractivity contribution < 1.29 is 54.9 Å². The molecule has 0 fully saturated rings. The summed E-state index contributed by atoms with van der Waals surface area (Å²) in [5.74, 6) is -3.39. The maximum absolute atomic E-state index is 14.4. The Hall–Kier alpha value is -4.16. The molecule has 0 unspecified atom stereocenters. The van der Waals surface area contributed by atoms with Crippen LogP contribution in [0, 0.1) is 0 Å². The van der Waals surface area contributed by atoms with E-state index < -0.39 is 59.3 Å². The molecule has 0 spiro atoms. The molecule has 0 aromatic heterocycles. The predicted molar refractivity (Wildman–Crippen MR) is 152 cm³/mol. The van der Waals surface area contributed by atoms with Gasteiger partial charge in [0.05, 0.1) is 0 Å². The van der Waals surface area contributed by atoms with E-state index in [1.165, 1.54) is 48.6 Å². The number of esters is 2.